The second-order valence-electron chi connectivity index (χ2n) is 16.0. The molecule has 2 aromatic carbocycles. The predicted octanol–water partition coefficient (Wildman–Crippen LogP) is 11.7. The molecule has 0 radical (unpaired) electrons. The Morgan fingerprint density at radius 3 is 0.911 bits per heavy atom. The van der Waals surface area contributed by atoms with Crippen LogP contribution in [0.2, 0.25) is 0 Å². The fraction of sp³-hybridized carbons (Fsp3) is 0.349. The third-order valence-corrected chi connectivity index (χ3v) is 10.7. The summed E-state index contributed by atoms with van der Waals surface area (Å²) in [7, 11) is -7.83. The lowest BCUT2D eigenvalue weighted by Gasteiger charge is -2.38. The van der Waals surface area contributed by atoms with Gasteiger partial charge in [-0.2, -0.15) is 87.8 Å². The lowest BCUT2D eigenvalue weighted by atomic mass is 9.72. The first-order valence-electron chi connectivity index (χ1n) is 20.6. The standard InChI is InChI=1S/C41H24Cl2F20N4O2.2CH4O3S/c42-13-19-66-15-9-21(10-16-66)27-29(34(44,45)36(48,49)40(58,59)60)68-31(64-27)23-1-5-25(6-2-23)33(38(52,53)54,39(55,56)57)26-7-3-24(4-8-26)32-65-28(22-11-17-67(18-12-22)20-14-43)30(69-32)35(46,47)37(50,51)41(61,62)63;2*1-5(2,3)4/h1-12,15-18H,13-14,19-20H2;2*1H3,(H,2,3,4)/q+2;;/p-2. The van der Waals surface area contributed by atoms with E-state index in [0.29, 0.717) is 36.8 Å². The van der Waals surface area contributed by atoms with Gasteiger partial charge in [-0.1, -0.05) is 24.3 Å². The number of halogens is 22. The van der Waals surface area contributed by atoms with Crippen molar-refractivity contribution in [1.29, 1.82) is 0 Å². The van der Waals surface area contributed by atoms with Gasteiger partial charge in [0.1, 0.15) is 11.4 Å². The van der Waals surface area contributed by atoms with Crippen LogP contribution in [0.1, 0.15) is 22.6 Å². The second kappa shape index (κ2) is 23.0. The van der Waals surface area contributed by atoms with E-state index >= 15 is 43.9 Å². The zero-order valence-corrected chi connectivity index (χ0v) is 41.9. The monoisotopic (exact) mass is 1240 g/mol. The minimum absolute atomic E-state index is 0.00718. The Hall–Kier alpha value is -5.84. The van der Waals surface area contributed by atoms with Crippen LogP contribution in [0.5, 0.6) is 0 Å². The molecule has 0 fully saturated rings. The summed E-state index contributed by atoms with van der Waals surface area (Å²) in [4.78, 5) is 7.12. The van der Waals surface area contributed by atoms with Crippen molar-refractivity contribution in [2.24, 2.45) is 0 Å². The fourth-order valence-corrected chi connectivity index (χ4v) is 7.17. The Labute approximate surface area is 440 Å². The van der Waals surface area contributed by atoms with E-state index in [-0.39, 0.29) is 49.1 Å². The van der Waals surface area contributed by atoms with E-state index in [1.807, 2.05) is 0 Å². The van der Waals surface area contributed by atoms with Gasteiger partial charge < -0.3 is 17.9 Å². The maximum Gasteiger partial charge on any atom is 0.460 e. The summed E-state index contributed by atoms with van der Waals surface area (Å²) in [6.07, 6.45) is -20.9. The summed E-state index contributed by atoms with van der Waals surface area (Å²) >= 11 is 11.3. The van der Waals surface area contributed by atoms with Crippen molar-refractivity contribution in [3.05, 3.63) is 120 Å². The smallest absolute Gasteiger partial charge is 0.460 e. The van der Waals surface area contributed by atoms with Crippen LogP contribution < -0.4 is 9.13 Å². The lowest BCUT2D eigenvalue weighted by Crippen LogP contribution is -2.54. The van der Waals surface area contributed by atoms with Gasteiger partial charge in [0.15, 0.2) is 37.9 Å². The van der Waals surface area contributed by atoms with Crippen molar-refractivity contribution in [2.75, 3.05) is 24.3 Å². The van der Waals surface area contributed by atoms with Crippen molar-refractivity contribution in [1.82, 2.24) is 9.97 Å². The summed E-state index contributed by atoms with van der Waals surface area (Å²) in [5.74, 6) is -33.5. The zero-order valence-electron chi connectivity index (χ0n) is 38.8. The molecule has 0 saturated heterocycles. The minimum Gasteiger partial charge on any atom is -0.748 e. The molecule has 6 aromatic rings. The molecule has 0 N–H and O–H groups in total. The van der Waals surface area contributed by atoms with Crippen LogP contribution in [-0.2, 0) is 50.6 Å². The molecule has 0 unspecified atom stereocenters. The summed E-state index contributed by atoms with van der Waals surface area (Å²) in [5.41, 5.74) is -14.1. The molecule has 0 aliphatic carbocycles. The highest BCUT2D eigenvalue weighted by Crippen LogP contribution is 2.58. The molecule has 0 atom stereocenters. The highest BCUT2D eigenvalue weighted by atomic mass is 35.5. The molecule has 4 aromatic heterocycles. The summed E-state index contributed by atoms with van der Waals surface area (Å²) in [6, 6.07) is 5.39. The van der Waals surface area contributed by atoms with Crippen LogP contribution in [0.4, 0.5) is 87.8 Å². The highest BCUT2D eigenvalue weighted by molar-refractivity contribution is 7.85. The average Bonchev–Trinajstić information content (AvgIpc) is 3.95. The Morgan fingerprint density at radius 1 is 0.443 bits per heavy atom. The molecule has 0 aliphatic rings. The Balaban J connectivity index is 0.00000123. The number of nitrogens with zero attached hydrogens (tertiary/aromatic N) is 4. The van der Waals surface area contributed by atoms with E-state index in [4.69, 9.17) is 58.0 Å². The van der Waals surface area contributed by atoms with Crippen LogP contribution in [0, 0.1) is 0 Å². The van der Waals surface area contributed by atoms with Crippen LogP contribution in [0.15, 0.2) is 106 Å². The van der Waals surface area contributed by atoms with E-state index in [1.165, 1.54) is 9.13 Å². The summed E-state index contributed by atoms with van der Waals surface area (Å²) < 4.78 is 355. The number of pyridine rings is 2. The molecule has 4 heterocycles. The molecule has 0 bridgehead atoms. The van der Waals surface area contributed by atoms with E-state index in [9.17, 15) is 43.9 Å². The fourth-order valence-electron chi connectivity index (χ4n) is 6.78. The topological polar surface area (TPSA) is 174 Å². The predicted molar refractivity (Wildman–Crippen MR) is 231 cm³/mol. The normalized spacial score (nSPS) is 13.6. The molecule has 436 valence electrons. The molecule has 79 heavy (non-hydrogen) atoms. The number of benzene rings is 2. The third kappa shape index (κ3) is 14.2. The Morgan fingerprint density at radius 2 is 0.696 bits per heavy atom. The number of oxazole rings is 2. The maximum absolute atomic E-state index is 15.2. The van der Waals surface area contributed by atoms with Crippen LogP contribution in [0.25, 0.3) is 45.4 Å². The van der Waals surface area contributed by atoms with Gasteiger partial charge in [0.25, 0.3) is 0 Å². The van der Waals surface area contributed by atoms with Crippen molar-refractivity contribution in [3.63, 3.8) is 0 Å². The van der Waals surface area contributed by atoms with E-state index < -0.39 is 142 Å². The molecule has 36 heteroatoms. The average molecular weight is 1250 g/mol. The van der Waals surface area contributed by atoms with Gasteiger partial charge in [-0.25, -0.2) is 35.9 Å². The molecule has 0 amide bonds. The van der Waals surface area contributed by atoms with Crippen molar-refractivity contribution in [3.8, 4) is 45.4 Å². The third-order valence-electron chi connectivity index (χ3n) is 10.3. The molecular weight excluding hydrogens is 1220 g/mol. The number of rotatable bonds is 14. The van der Waals surface area contributed by atoms with Gasteiger partial charge in [0.05, 0.1) is 32.0 Å². The van der Waals surface area contributed by atoms with Gasteiger partial charge in [-0.15, -0.1) is 23.2 Å². The van der Waals surface area contributed by atoms with Crippen LogP contribution >= 0.6 is 23.2 Å². The van der Waals surface area contributed by atoms with Gasteiger partial charge in [-0.05, 0) is 35.4 Å². The van der Waals surface area contributed by atoms with E-state index in [0.717, 1.165) is 49.1 Å². The summed E-state index contributed by atoms with van der Waals surface area (Å²) in [6.45, 7) is 0.172. The van der Waals surface area contributed by atoms with Gasteiger partial charge in [0, 0.05) is 59.0 Å². The highest BCUT2D eigenvalue weighted by Gasteiger charge is 2.77. The molecule has 6 rings (SSSR count). The Bertz CT molecular complexity index is 3040. The van der Waals surface area contributed by atoms with E-state index in [1.54, 1.807) is 0 Å². The second-order valence-corrected chi connectivity index (χ2v) is 19.6. The molecular formula is C43H30Cl2F20N4O8S2. The first-order valence-corrected chi connectivity index (χ1v) is 25.3. The summed E-state index contributed by atoms with van der Waals surface area (Å²) in [5, 5.41) is 0. The number of alkyl halides is 22. The minimum atomic E-state index is -6.90. The van der Waals surface area contributed by atoms with Crippen LogP contribution in [-0.4, -0.2) is 96.7 Å². The zero-order chi connectivity index (χ0) is 60.6. The molecule has 0 saturated carbocycles. The number of aryl methyl sites for hydroxylation is 2. The van der Waals surface area contributed by atoms with Gasteiger partial charge in [0.2, 0.25) is 28.7 Å². The quantitative estimate of drug-likeness (QED) is 0.0442. The number of hydrogen-bond donors (Lipinski definition) is 0. The van der Waals surface area contributed by atoms with Crippen LogP contribution in [0.3, 0.4) is 0 Å². The number of aromatic nitrogens is 4. The van der Waals surface area contributed by atoms with E-state index in [2.05, 4.69) is 9.97 Å². The van der Waals surface area contributed by atoms with Crippen molar-refractivity contribution < 1.29 is 132 Å². The largest absolute Gasteiger partial charge is 0.748 e. The first-order chi connectivity index (χ1) is 35.7. The van der Waals surface area contributed by atoms with Crippen molar-refractivity contribution >= 4 is 43.4 Å². The van der Waals surface area contributed by atoms with Crippen molar-refractivity contribution in [2.45, 2.75) is 66.9 Å². The van der Waals surface area contributed by atoms with Gasteiger partial charge >= 0.3 is 48.4 Å². The molecule has 12 nitrogen and oxygen atoms in total. The first kappa shape index (κ1) is 65.7. The SMILES string of the molecule is CS(=O)(=O)[O-].CS(=O)(=O)[O-].FC(F)(F)C(F)(F)C(F)(F)c1oc(-c2ccc(C(c3ccc(-c4nc(-c5cc[n+](CCCl)cc5)c(C(F)(F)C(F)(F)C(F)(F)F)o4)cc3)(C(F)(F)F)C(F)(F)F)cc2)nc1-c1cc[n+](CCCl)cc1. The Kier molecular flexibility index (Phi) is 19.1. The maximum atomic E-state index is 15.2. The molecule has 0 spiro atoms. The lowest BCUT2D eigenvalue weighted by molar-refractivity contribution is -0.692. The van der Waals surface area contributed by atoms with Gasteiger partial charge in [-0.3, -0.25) is 0 Å². The number of hydrogen-bond acceptors (Lipinski definition) is 10. The molecule has 0 aliphatic heterocycles.